The molecule has 0 fully saturated rings. The fourth-order valence-corrected chi connectivity index (χ4v) is 3.08. The molecule has 2 aromatic heterocycles. The van der Waals surface area contributed by atoms with Crippen LogP contribution >= 0.6 is 0 Å². The topological polar surface area (TPSA) is 67.2 Å². The van der Waals surface area contributed by atoms with Gasteiger partial charge in [-0.2, -0.15) is 0 Å². The van der Waals surface area contributed by atoms with Crippen LogP contribution in [0.15, 0.2) is 53.5 Å². The number of rotatable bonds is 7. The average molecular weight is 378 g/mol. The van der Waals surface area contributed by atoms with E-state index < -0.39 is 0 Å². The highest BCUT2D eigenvalue weighted by atomic mass is 16.2. The van der Waals surface area contributed by atoms with Crippen LogP contribution in [0.3, 0.4) is 0 Å². The van der Waals surface area contributed by atoms with E-state index in [-0.39, 0.29) is 17.0 Å². The van der Waals surface area contributed by atoms with Crippen molar-refractivity contribution in [3.63, 3.8) is 0 Å². The number of pyridine rings is 2. The molecule has 0 saturated heterocycles. The van der Waals surface area contributed by atoms with Gasteiger partial charge in [0.05, 0.1) is 6.54 Å². The summed E-state index contributed by atoms with van der Waals surface area (Å²) in [5.74, 6) is -0.341. The Kier molecular flexibility index (Phi) is 6.21. The number of hydrogen-bond acceptors (Lipinski definition) is 4. The summed E-state index contributed by atoms with van der Waals surface area (Å²) in [5.41, 5.74) is 2.56. The van der Waals surface area contributed by atoms with E-state index in [2.05, 4.69) is 15.2 Å². The van der Waals surface area contributed by atoms with Gasteiger partial charge in [0.2, 0.25) is 0 Å². The number of nitrogens with zero attached hydrogens (tertiary/aromatic N) is 3. The third kappa shape index (κ3) is 4.64. The summed E-state index contributed by atoms with van der Waals surface area (Å²) in [6, 6.07) is 13.3. The zero-order valence-electron chi connectivity index (χ0n) is 16.6. The van der Waals surface area contributed by atoms with Crippen LogP contribution < -0.4 is 10.9 Å². The van der Waals surface area contributed by atoms with E-state index in [0.29, 0.717) is 18.7 Å². The summed E-state index contributed by atoms with van der Waals surface area (Å²) in [6.07, 6.45) is 2.49. The minimum atomic E-state index is -0.341. The molecule has 0 aliphatic rings. The zero-order valence-corrected chi connectivity index (χ0v) is 16.6. The molecule has 28 heavy (non-hydrogen) atoms. The first-order chi connectivity index (χ1) is 13.5. The van der Waals surface area contributed by atoms with Crippen LogP contribution in [-0.2, 0) is 6.54 Å². The number of carbonyl (C=O) groups is 1. The van der Waals surface area contributed by atoms with Crippen molar-refractivity contribution in [3.05, 3.63) is 75.7 Å². The summed E-state index contributed by atoms with van der Waals surface area (Å²) in [6.45, 7) is 3.79. The summed E-state index contributed by atoms with van der Waals surface area (Å²) in [4.78, 5) is 32.2. The van der Waals surface area contributed by atoms with E-state index in [4.69, 9.17) is 0 Å². The Morgan fingerprint density at radius 1 is 1.18 bits per heavy atom. The maximum Gasteiger partial charge on any atom is 0.265 e. The van der Waals surface area contributed by atoms with E-state index in [1.165, 1.54) is 0 Å². The highest BCUT2D eigenvalue weighted by molar-refractivity contribution is 5.96. The molecule has 3 rings (SSSR count). The van der Waals surface area contributed by atoms with Gasteiger partial charge >= 0.3 is 0 Å². The van der Waals surface area contributed by atoms with Gasteiger partial charge in [0, 0.05) is 18.1 Å². The van der Waals surface area contributed by atoms with Crippen molar-refractivity contribution < 1.29 is 4.79 Å². The summed E-state index contributed by atoms with van der Waals surface area (Å²) in [5, 5.41) is 3.63. The van der Waals surface area contributed by atoms with Crippen LogP contribution in [0.25, 0.3) is 11.0 Å². The second-order valence-electron chi connectivity index (χ2n) is 7.26. The van der Waals surface area contributed by atoms with Crippen LogP contribution in [-0.4, -0.2) is 47.5 Å². The van der Waals surface area contributed by atoms with E-state index in [1.54, 1.807) is 16.8 Å². The number of nitrogens with one attached hydrogen (secondary N) is 1. The van der Waals surface area contributed by atoms with Crippen LogP contribution in [0, 0.1) is 6.92 Å². The molecule has 0 bridgehead atoms. The summed E-state index contributed by atoms with van der Waals surface area (Å²) < 4.78 is 1.58. The van der Waals surface area contributed by atoms with Gasteiger partial charge in [-0.1, -0.05) is 29.8 Å². The maximum atomic E-state index is 13.1. The fourth-order valence-electron chi connectivity index (χ4n) is 3.08. The first kappa shape index (κ1) is 19.8. The molecule has 1 aromatic carbocycles. The Hall–Kier alpha value is -2.99. The Balaban J connectivity index is 1.93. The fraction of sp³-hybridized carbons (Fsp3) is 0.318. The third-order valence-corrected chi connectivity index (χ3v) is 4.62. The molecule has 2 heterocycles. The minimum absolute atomic E-state index is 0.150. The molecule has 0 unspecified atom stereocenters. The van der Waals surface area contributed by atoms with E-state index >= 15 is 0 Å². The van der Waals surface area contributed by atoms with Gasteiger partial charge in [-0.15, -0.1) is 0 Å². The molecule has 3 aromatic rings. The molecule has 146 valence electrons. The number of fused-ring (bicyclic) bond motifs is 1. The third-order valence-electron chi connectivity index (χ3n) is 4.62. The molecule has 0 spiro atoms. The molecular formula is C22H26N4O2. The van der Waals surface area contributed by atoms with Gasteiger partial charge in [0.1, 0.15) is 11.2 Å². The first-order valence-corrected chi connectivity index (χ1v) is 9.43. The van der Waals surface area contributed by atoms with E-state index in [9.17, 15) is 9.59 Å². The quantitative estimate of drug-likeness (QED) is 0.641. The molecule has 6 heteroatoms. The van der Waals surface area contributed by atoms with Crippen LogP contribution in [0.4, 0.5) is 0 Å². The molecular weight excluding hydrogens is 352 g/mol. The lowest BCUT2D eigenvalue weighted by Gasteiger charge is -2.13. The average Bonchev–Trinajstić information content (AvgIpc) is 2.68. The highest BCUT2D eigenvalue weighted by Crippen LogP contribution is 2.13. The summed E-state index contributed by atoms with van der Waals surface area (Å²) in [7, 11) is 3.98. The van der Waals surface area contributed by atoms with Crippen LogP contribution in [0.2, 0.25) is 0 Å². The van der Waals surface area contributed by atoms with Gasteiger partial charge in [0.15, 0.2) is 0 Å². The van der Waals surface area contributed by atoms with E-state index in [1.807, 2.05) is 57.4 Å². The number of aromatic nitrogens is 2. The predicted octanol–water partition coefficient (Wildman–Crippen LogP) is 2.43. The zero-order chi connectivity index (χ0) is 20.1. The largest absolute Gasteiger partial charge is 0.352 e. The van der Waals surface area contributed by atoms with Gasteiger partial charge in [-0.05, 0) is 57.7 Å². The molecule has 0 saturated carbocycles. The maximum absolute atomic E-state index is 13.1. The van der Waals surface area contributed by atoms with Crippen molar-refractivity contribution in [3.8, 4) is 0 Å². The SMILES string of the molecule is Cc1ccc(Cn2c(=O)c(C(=O)NCCCN(C)C)cc3cccnc32)cc1. The van der Waals surface area contributed by atoms with Gasteiger partial charge in [-0.25, -0.2) is 4.98 Å². The number of aryl methyl sites for hydroxylation is 1. The Labute approximate surface area is 164 Å². The Morgan fingerprint density at radius 2 is 1.93 bits per heavy atom. The first-order valence-electron chi connectivity index (χ1n) is 9.43. The smallest absolute Gasteiger partial charge is 0.265 e. The van der Waals surface area contributed by atoms with Gasteiger partial charge in [-0.3, -0.25) is 14.2 Å². The van der Waals surface area contributed by atoms with Crippen LogP contribution in [0.1, 0.15) is 27.9 Å². The number of carbonyl (C=O) groups excluding carboxylic acids is 1. The Bertz CT molecular complexity index is 1020. The molecule has 6 nitrogen and oxygen atoms in total. The van der Waals surface area contributed by atoms with Gasteiger partial charge in [0.25, 0.3) is 11.5 Å². The van der Waals surface area contributed by atoms with E-state index in [0.717, 1.165) is 29.5 Å². The highest BCUT2D eigenvalue weighted by Gasteiger charge is 2.16. The van der Waals surface area contributed by atoms with Crippen molar-refractivity contribution in [1.29, 1.82) is 0 Å². The summed E-state index contributed by atoms with van der Waals surface area (Å²) >= 11 is 0. The molecule has 1 N–H and O–H groups in total. The lowest BCUT2D eigenvalue weighted by atomic mass is 10.1. The molecule has 0 atom stereocenters. The second-order valence-corrected chi connectivity index (χ2v) is 7.26. The normalized spacial score (nSPS) is 11.1. The number of hydrogen-bond donors (Lipinski definition) is 1. The lowest BCUT2D eigenvalue weighted by Crippen LogP contribution is -2.34. The molecule has 0 aliphatic carbocycles. The van der Waals surface area contributed by atoms with Crippen LogP contribution in [0.5, 0.6) is 0 Å². The van der Waals surface area contributed by atoms with Crippen molar-refractivity contribution in [2.45, 2.75) is 19.9 Å². The number of benzene rings is 1. The predicted molar refractivity (Wildman–Crippen MR) is 112 cm³/mol. The molecule has 0 radical (unpaired) electrons. The van der Waals surface area contributed by atoms with Crippen molar-refractivity contribution >= 4 is 16.9 Å². The van der Waals surface area contributed by atoms with Gasteiger partial charge < -0.3 is 10.2 Å². The van der Waals surface area contributed by atoms with Crippen molar-refractivity contribution in [2.75, 3.05) is 27.2 Å². The minimum Gasteiger partial charge on any atom is -0.352 e. The molecule has 1 amide bonds. The lowest BCUT2D eigenvalue weighted by molar-refractivity contribution is 0.0950. The number of amides is 1. The van der Waals surface area contributed by atoms with Crippen molar-refractivity contribution in [2.24, 2.45) is 0 Å². The molecule has 0 aliphatic heterocycles. The van der Waals surface area contributed by atoms with Crippen molar-refractivity contribution in [1.82, 2.24) is 19.8 Å². The Morgan fingerprint density at radius 3 is 2.64 bits per heavy atom. The standard InChI is InChI=1S/C22H26N4O2/c1-16-7-9-17(10-8-16)15-26-20-18(6-4-11-23-20)14-19(22(26)28)21(27)24-12-5-13-25(2)3/h4,6-11,14H,5,12-13,15H2,1-3H3,(H,24,27). The second kappa shape index (κ2) is 8.80. The monoisotopic (exact) mass is 378 g/mol.